The van der Waals surface area contributed by atoms with Crippen LogP contribution in [-0.2, 0) is 16.6 Å². The zero-order valence-electron chi connectivity index (χ0n) is 13.7. The minimum Gasteiger partial charge on any atom is -0.370 e. The molecule has 3 N–H and O–H groups in total. The van der Waals surface area contributed by atoms with Crippen LogP contribution in [0.25, 0.3) is 0 Å². The van der Waals surface area contributed by atoms with Crippen LogP contribution in [0, 0.1) is 0 Å². The maximum atomic E-state index is 12.3. The van der Waals surface area contributed by atoms with Crippen molar-refractivity contribution in [1.29, 1.82) is 0 Å². The summed E-state index contributed by atoms with van der Waals surface area (Å²) in [5.74, 6) is 0.401. The number of aliphatic imine (C=N–C) groups is 1. The number of nitrogens with two attached hydrogens (primary N) is 1. The third-order valence-electron chi connectivity index (χ3n) is 3.32. The van der Waals surface area contributed by atoms with Crippen LogP contribution in [0.2, 0.25) is 0 Å². The largest absolute Gasteiger partial charge is 0.370 e. The third kappa shape index (κ3) is 4.99. The van der Waals surface area contributed by atoms with Crippen molar-refractivity contribution in [2.24, 2.45) is 10.7 Å². The van der Waals surface area contributed by atoms with E-state index in [0.717, 1.165) is 18.5 Å². The van der Waals surface area contributed by atoms with Crippen molar-refractivity contribution in [2.75, 3.05) is 13.6 Å². The van der Waals surface area contributed by atoms with Crippen molar-refractivity contribution in [1.82, 2.24) is 9.62 Å². The molecule has 6 nitrogen and oxygen atoms in total. The van der Waals surface area contributed by atoms with Crippen LogP contribution in [-0.4, -0.2) is 38.3 Å². The standard InChI is InChI=1S/C15H26N4O2S/c1-5-10-17-15(16)18-11-13-6-8-14(9-7-13)22(20,21)19(4)12(2)3/h6-9,12H,5,10-11H2,1-4H3,(H3,16,17,18). The molecule has 0 heterocycles. The summed E-state index contributed by atoms with van der Waals surface area (Å²) < 4.78 is 26.0. The van der Waals surface area contributed by atoms with Gasteiger partial charge < -0.3 is 11.1 Å². The Balaban J connectivity index is 2.79. The van der Waals surface area contributed by atoms with Crippen LogP contribution >= 0.6 is 0 Å². The fourth-order valence-corrected chi connectivity index (χ4v) is 3.06. The van der Waals surface area contributed by atoms with E-state index < -0.39 is 10.0 Å². The maximum absolute atomic E-state index is 12.3. The molecule has 0 saturated heterocycles. The lowest BCUT2D eigenvalue weighted by Gasteiger charge is -2.21. The number of nitrogens with zero attached hydrogens (tertiary/aromatic N) is 2. The van der Waals surface area contributed by atoms with Crippen molar-refractivity contribution in [3.63, 3.8) is 0 Å². The Bertz CT molecular complexity index is 594. The van der Waals surface area contributed by atoms with Crippen LogP contribution in [0.4, 0.5) is 0 Å². The van der Waals surface area contributed by atoms with Gasteiger partial charge in [-0.25, -0.2) is 13.4 Å². The van der Waals surface area contributed by atoms with E-state index in [2.05, 4.69) is 10.3 Å². The molecule has 124 valence electrons. The van der Waals surface area contributed by atoms with E-state index in [9.17, 15) is 8.42 Å². The second-order valence-electron chi connectivity index (χ2n) is 5.39. The van der Waals surface area contributed by atoms with Crippen LogP contribution in [0.3, 0.4) is 0 Å². The maximum Gasteiger partial charge on any atom is 0.243 e. The van der Waals surface area contributed by atoms with E-state index >= 15 is 0 Å². The van der Waals surface area contributed by atoms with Crippen molar-refractivity contribution in [2.45, 2.75) is 44.7 Å². The van der Waals surface area contributed by atoms with E-state index in [0.29, 0.717) is 12.5 Å². The molecule has 0 atom stereocenters. The van der Waals surface area contributed by atoms with Gasteiger partial charge in [0.25, 0.3) is 0 Å². The topological polar surface area (TPSA) is 87.8 Å². The molecule has 7 heteroatoms. The second-order valence-corrected chi connectivity index (χ2v) is 7.38. The monoisotopic (exact) mass is 326 g/mol. The van der Waals surface area contributed by atoms with Crippen LogP contribution in [0.5, 0.6) is 0 Å². The highest BCUT2D eigenvalue weighted by atomic mass is 32.2. The first-order valence-corrected chi connectivity index (χ1v) is 8.83. The Morgan fingerprint density at radius 2 is 1.91 bits per heavy atom. The molecule has 1 aromatic rings. The summed E-state index contributed by atoms with van der Waals surface area (Å²) in [7, 11) is -1.86. The van der Waals surface area contributed by atoms with Gasteiger partial charge in [0.1, 0.15) is 0 Å². The number of guanidine groups is 1. The summed E-state index contributed by atoms with van der Waals surface area (Å²) in [5, 5.41) is 2.99. The summed E-state index contributed by atoms with van der Waals surface area (Å²) >= 11 is 0. The van der Waals surface area contributed by atoms with E-state index in [4.69, 9.17) is 5.73 Å². The molecular weight excluding hydrogens is 300 g/mol. The number of benzene rings is 1. The molecule has 1 rings (SSSR count). The summed E-state index contributed by atoms with van der Waals surface area (Å²) in [6.07, 6.45) is 0.978. The Kier molecular flexibility index (Phi) is 6.83. The van der Waals surface area contributed by atoms with Gasteiger partial charge in [0.15, 0.2) is 5.96 Å². The first-order chi connectivity index (χ1) is 10.3. The van der Waals surface area contributed by atoms with Crippen molar-refractivity contribution in [3.05, 3.63) is 29.8 Å². The number of hydrogen-bond acceptors (Lipinski definition) is 3. The highest BCUT2D eigenvalue weighted by Gasteiger charge is 2.22. The number of hydrogen-bond donors (Lipinski definition) is 2. The zero-order chi connectivity index (χ0) is 16.8. The highest BCUT2D eigenvalue weighted by molar-refractivity contribution is 7.89. The molecule has 0 fully saturated rings. The van der Waals surface area contributed by atoms with Crippen LogP contribution in [0.1, 0.15) is 32.8 Å². The summed E-state index contributed by atoms with van der Waals surface area (Å²) in [5.41, 5.74) is 6.63. The summed E-state index contributed by atoms with van der Waals surface area (Å²) in [6, 6.07) is 6.65. The molecule has 0 aliphatic carbocycles. The minimum atomic E-state index is -3.44. The molecule has 1 aromatic carbocycles. The molecule has 22 heavy (non-hydrogen) atoms. The SMILES string of the molecule is CCCNC(N)=NCc1ccc(S(=O)(=O)N(C)C(C)C)cc1. The minimum absolute atomic E-state index is 0.0845. The molecular formula is C15H26N4O2S. The highest BCUT2D eigenvalue weighted by Crippen LogP contribution is 2.17. The lowest BCUT2D eigenvalue weighted by Crippen LogP contribution is -2.33. The predicted molar refractivity (Wildman–Crippen MR) is 90.1 cm³/mol. The fraction of sp³-hybridized carbons (Fsp3) is 0.533. The van der Waals surface area contributed by atoms with E-state index in [1.807, 2.05) is 20.8 Å². The lowest BCUT2D eigenvalue weighted by molar-refractivity contribution is 0.410. The first-order valence-electron chi connectivity index (χ1n) is 7.39. The first kappa shape index (κ1) is 18.4. The van der Waals surface area contributed by atoms with E-state index in [-0.39, 0.29) is 10.9 Å². The van der Waals surface area contributed by atoms with Gasteiger partial charge in [-0.1, -0.05) is 19.1 Å². The third-order valence-corrected chi connectivity index (χ3v) is 5.36. The molecule has 0 radical (unpaired) electrons. The van der Waals surface area contributed by atoms with Gasteiger partial charge in [-0.2, -0.15) is 4.31 Å². The smallest absolute Gasteiger partial charge is 0.243 e. The molecule has 0 aliphatic rings. The van der Waals surface area contributed by atoms with Gasteiger partial charge in [0.2, 0.25) is 10.0 Å². The van der Waals surface area contributed by atoms with Crippen LogP contribution in [0.15, 0.2) is 34.2 Å². The Labute approximate surface area is 133 Å². The van der Waals surface area contributed by atoms with Gasteiger partial charge in [-0.15, -0.1) is 0 Å². The molecule has 0 bridgehead atoms. The summed E-state index contributed by atoms with van der Waals surface area (Å²) in [6.45, 7) is 6.93. The molecule has 0 unspecified atom stereocenters. The number of sulfonamides is 1. The lowest BCUT2D eigenvalue weighted by atomic mass is 10.2. The van der Waals surface area contributed by atoms with Crippen molar-refractivity contribution < 1.29 is 8.42 Å². The molecule has 0 aromatic heterocycles. The van der Waals surface area contributed by atoms with Crippen LogP contribution < -0.4 is 11.1 Å². The van der Waals surface area contributed by atoms with E-state index in [1.54, 1.807) is 31.3 Å². The van der Waals surface area contributed by atoms with Gasteiger partial charge in [-0.3, -0.25) is 0 Å². The van der Waals surface area contributed by atoms with Gasteiger partial charge >= 0.3 is 0 Å². The van der Waals surface area contributed by atoms with Gasteiger partial charge in [-0.05, 0) is 38.0 Å². The average Bonchev–Trinajstić information content (AvgIpc) is 2.50. The molecule has 0 aliphatic heterocycles. The Morgan fingerprint density at radius 1 is 1.32 bits per heavy atom. The quantitative estimate of drug-likeness (QED) is 0.587. The Hall–Kier alpha value is -1.60. The predicted octanol–water partition coefficient (Wildman–Crippen LogP) is 1.53. The van der Waals surface area contributed by atoms with Gasteiger partial charge in [0.05, 0.1) is 11.4 Å². The fourth-order valence-electron chi connectivity index (χ4n) is 1.70. The summed E-state index contributed by atoms with van der Waals surface area (Å²) in [4.78, 5) is 4.50. The molecule has 0 spiro atoms. The van der Waals surface area contributed by atoms with Crippen molar-refractivity contribution in [3.8, 4) is 0 Å². The second kappa shape index (κ2) is 8.14. The van der Waals surface area contributed by atoms with Gasteiger partial charge in [0, 0.05) is 19.6 Å². The van der Waals surface area contributed by atoms with E-state index in [1.165, 1.54) is 4.31 Å². The average molecular weight is 326 g/mol. The van der Waals surface area contributed by atoms with Crippen molar-refractivity contribution >= 4 is 16.0 Å². The zero-order valence-corrected chi connectivity index (χ0v) is 14.5. The molecule has 0 saturated carbocycles. The number of nitrogens with one attached hydrogen (secondary N) is 1. The number of rotatable bonds is 7. The Morgan fingerprint density at radius 3 is 2.41 bits per heavy atom. The molecule has 0 amide bonds. The normalized spacial score (nSPS) is 12.9.